The molecule has 0 saturated carbocycles. The molecular weight excluding hydrogens is 275 g/mol. The number of aromatic nitrogens is 1. The number of hydrogen-bond acceptors (Lipinski definition) is 2. The molecule has 2 rings (SSSR count). The van der Waals surface area contributed by atoms with Crippen molar-refractivity contribution in [2.24, 2.45) is 7.05 Å². The average Bonchev–Trinajstić information content (AvgIpc) is 2.55. The maximum absolute atomic E-state index is 12.4. The Balaban J connectivity index is 2.23. The van der Waals surface area contributed by atoms with E-state index in [1.54, 1.807) is 29.5 Å². The van der Waals surface area contributed by atoms with Crippen molar-refractivity contribution in [2.75, 3.05) is 13.1 Å². The maximum Gasteiger partial charge on any atom is 0.270 e. The minimum absolute atomic E-state index is 0.147. The second-order valence-electron chi connectivity index (χ2n) is 5.05. The molecule has 1 saturated heterocycles. The molecule has 1 aromatic heterocycles. The lowest BCUT2D eigenvalue weighted by molar-refractivity contribution is -0.0110. The Morgan fingerprint density at radius 1 is 1.50 bits per heavy atom. The molecule has 0 radical (unpaired) electrons. The minimum Gasteiger partial charge on any atom is -0.388 e. The van der Waals surface area contributed by atoms with Crippen LogP contribution in [0.15, 0.2) is 6.07 Å². The molecule has 0 bridgehead atoms. The van der Waals surface area contributed by atoms with Gasteiger partial charge in [0.25, 0.3) is 5.91 Å². The van der Waals surface area contributed by atoms with Crippen LogP contribution < -0.4 is 0 Å². The third-order valence-electron chi connectivity index (χ3n) is 3.30. The maximum atomic E-state index is 12.4. The first-order valence-corrected chi connectivity index (χ1v) is 6.60. The SMILES string of the molecule is Cn1c(C(=O)N2CCCC(C)(O)C2)cc(Cl)c1Cl. The molecule has 100 valence electrons. The monoisotopic (exact) mass is 290 g/mol. The van der Waals surface area contributed by atoms with Gasteiger partial charge in [-0.3, -0.25) is 4.79 Å². The molecule has 1 aliphatic heterocycles. The first kappa shape index (κ1) is 13.7. The molecule has 1 aliphatic rings. The molecule has 4 nitrogen and oxygen atoms in total. The Morgan fingerprint density at radius 3 is 2.67 bits per heavy atom. The molecule has 1 atom stereocenters. The molecule has 1 unspecified atom stereocenters. The number of halogens is 2. The molecule has 2 heterocycles. The highest BCUT2D eigenvalue weighted by molar-refractivity contribution is 6.41. The van der Waals surface area contributed by atoms with Crippen molar-refractivity contribution in [3.8, 4) is 0 Å². The van der Waals surface area contributed by atoms with Crippen LogP contribution in [0.4, 0.5) is 0 Å². The number of piperidine rings is 1. The molecule has 6 heteroatoms. The lowest BCUT2D eigenvalue weighted by atomic mass is 9.95. The van der Waals surface area contributed by atoms with Crippen LogP contribution in [0.1, 0.15) is 30.3 Å². The Kier molecular flexibility index (Phi) is 3.63. The van der Waals surface area contributed by atoms with Crippen molar-refractivity contribution in [3.05, 3.63) is 21.9 Å². The van der Waals surface area contributed by atoms with Crippen molar-refractivity contribution in [2.45, 2.75) is 25.4 Å². The first-order chi connectivity index (χ1) is 8.32. The van der Waals surface area contributed by atoms with Gasteiger partial charge in [-0.1, -0.05) is 23.2 Å². The minimum atomic E-state index is -0.813. The fourth-order valence-corrected chi connectivity index (χ4v) is 2.68. The smallest absolute Gasteiger partial charge is 0.270 e. The van der Waals surface area contributed by atoms with Gasteiger partial charge in [0.1, 0.15) is 10.8 Å². The van der Waals surface area contributed by atoms with Crippen molar-refractivity contribution in [3.63, 3.8) is 0 Å². The Labute approximate surface area is 116 Å². The summed E-state index contributed by atoms with van der Waals surface area (Å²) in [6.07, 6.45) is 1.51. The highest BCUT2D eigenvalue weighted by atomic mass is 35.5. The van der Waals surface area contributed by atoms with E-state index >= 15 is 0 Å². The Bertz CT molecular complexity index is 483. The zero-order valence-electron chi connectivity index (χ0n) is 10.4. The van der Waals surface area contributed by atoms with E-state index in [0.29, 0.717) is 35.4 Å². The van der Waals surface area contributed by atoms with Crippen LogP contribution >= 0.6 is 23.2 Å². The quantitative estimate of drug-likeness (QED) is 0.863. The van der Waals surface area contributed by atoms with E-state index in [1.165, 1.54) is 0 Å². The van der Waals surface area contributed by atoms with Crippen LogP contribution in [0, 0.1) is 0 Å². The molecule has 1 amide bonds. The topological polar surface area (TPSA) is 45.5 Å². The summed E-state index contributed by atoms with van der Waals surface area (Å²) in [4.78, 5) is 14.0. The van der Waals surface area contributed by atoms with Gasteiger partial charge < -0.3 is 14.6 Å². The first-order valence-electron chi connectivity index (χ1n) is 5.84. The third-order valence-corrected chi connectivity index (χ3v) is 4.14. The van der Waals surface area contributed by atoms with Gasteiger partial charge in [0.15, 0.2) is 0 Å². The predicted octanol–water partition coefficient (Wildman–Crippen LogP) is 2.32. The lowest BCUT2D eigenvalue weighted by Crippen LogP contribution is -2.48. The summed E-state index contributed by atoms with van der Waals surface area (Å²) in [6, 6.07) is 1.57. The summed E-state index contributed by atoms with van der Waals surface area (Å²) < 4.78 is 1.57. The zero-order chi connectivity index (χ0) is 13.5. The van der Waals surface area contributed by atoms with Crippen LogP contribution in [0.3, 0.4) is 0 Å². The molecular formula is C12H16Cl2N2O2. The molecule has 1 aromatic rings. The molecule has 0 aromatic carbocycles. The van der Waals surface area contributed by atoms with Gasteiger partial charge in [0.05, 0.1) is 10.6 Å². The number of carbonyl (C=O) groups is 1. The van der Waals surface area contributed by atoms with Gasteiger partial charge in [-0.15, -0.1) is 0 Å². The largest absolute Gasteiger partial charge is 0.388 e. The van der Waals surface area contributed by atoms with E-state index in [1.807, 2.05) is 0 Å². The van der Waals surface area contributed by atoms with Crippen molar-refractivity contribution >= 4 is 29.1 Å². The summed E-state index contributed by atoms with van der Waals surface area (Å²) in [7, 11) is 1.70. The standard InChI is InChI=1S/C12H16Cl2N2O2/c1-12(18)4-3-5-16(7-12)11(17)9-6-8(13)10(14)15(9)2/h6,18H,3-5,7H2,1-2H3. The number of β-amino-alcohol motifs (C(OH)–C–C–N with tert-alkyl or cyclic N) is 1. The van der Waals surface area contributed by atoms with Crippen molar-refractivity contribution < 1.29 is 9.90 Å². The number of likely N-dealkylation sites (tertiary alicyclic amines) is 1. The summed E-state index contributed by atoms with van der Waals surface area (Å²) >= 11 is 11.8. The number of rotatable bonds is 1. The lowest BCUT2D eigenvalue weighted by Gasteiger charge is -2.36. The number of aliphatic hydroxyl groups is 1. The second-order valence-corrected chi connectivity index (χ2v) is 5.82. The zero-order valence-corrected chi connectivity index (χ0v) is 11.9. The van der Waals surface area contributed by atoms with E-state index < -0.39 is 5.60 Å². The van der Waals surface area contributed by atoms with Gasteiger partial charge in [-0.05, 0) is 25.8 Å². The van der Waals surface area contributed by atoms with Crippen LogP contribution in [0.2, 0.25) is 10.2 Å². The highest BCUT2D eigenvalue weighted by Crippen LogP contribution is 2.27. The molecule has 18 heavy (non-hydrogen) atoms. The van der Waals surface area contributed by atoms with E-state index in [2.05, 4.69) is 0 Å². The van der Waals surface area contributed by atoms with E-state index in [0.717, 1.165) is 6.42 Å². The van der Waals surface area contributed by atoms with E-state index in [-0.39, 0.29) is 5.91 Å². The fraction of sp³-hybridized carbons (Fsp3) is 0.583. The normalized spacial score (nSPS) is 24.4. The summed E-state index contributed by atoms with van der Waals surface area (Å²) in [6.45, 7) is 2.74. The van der Waals surface area contributed by atoms with Crippen LogP contribution in [0.5, 0.6) is 0 Å². The molecule has 0 spiro atoms. The van der Waals surface area contributed by atoms with Crippen LogP contribution in [-0.4, -0.2) is 39.2 Å². The van der Waals surface area contributed by atoms with Crippen LogP contribution in [0.25, 0.3) is 0 Å². The highest BCUT2D eigenvalue weighted by Gasteiger charge is 2.32. The van der Waals surface area contributed by atoms with Gasteiger partial charge in [0, 0.05) is 20.1 Å². The molecule has 1 fully saturated rings. The molecule has 0 aliphatic carbocycles. The Morgan fingerprint density at radius 2 is 2.17 bits per heavy atom. The molecule has 1 N–H and O–H groups in total. The Hall–Kier alpha value is -0.710. The summed E-state index contributed by atoms with van der Waals surface area (Å²) in [5.41, 5.74) is -0.366. The third kappa shape index (κ3) is 2.51. The van der Waals surface area contributed by atoms with Crippen LogP contribution in [-0.2, 0) is 7.05 Å². The average molecular weight is 291 g/mol. The second kappa shape index (κ2) is 4.76. The number of carbonyl (C=O) groups excluding carboxylic acids is 1. The summed E-state index contributed by atoms with van der Waals surface area (Å²) in [5, 5.41) is 10.7. The predicted molar refractivity (Wildman–Crippen MR) is 71.2 cm³/mol. The number of amides is 1. The van der Waals surface area contributed by atoms with Gasteiger partial charge >= 0.3 is 0 Å². The van der Waals surface area contributed by atoms with E-state index in [9.17, 15) is 9.90 Å². The van der Waals surface area contributed by atoms with E-state index in [4.69, 9.17) is 23.2 Å². The van der Waals surface area contributed by atoms with Crippen molar-refractivity contribution in [1.29, 1.82) is 0 Å². The van der Waals surface area contributed by atoms with Gasteiger partial charge in [-0.25, -0.2) is 0 Å². The number of nitrogens with zero attached hydrogens (tertiary/aromatic N) is 2. The van der Waals surface area contributed by atoms with Gasteiger partial charge in [-0.2, -0.15) is 0 Å². The van der Waals surface area contributed by atoms with Crippen molar-refractivity contribution in [1.82, 2.24) is 9.47 Å². The van der Waals surface area contributed by atoms with Gasteiger partial charge in [0.2, 0.25) is 0 Å². The summed E-state index contributed by atoms with van der Waals surface area (Å²) in [5.74, 6) is -0.147. The fourth-order valence-electron chi connectivity index (χ4n) is 2.30. The number of hydrogen-bond donors (Lipinski definition) is 1.